The van der Waals surface area contributed by atoms with Crippen molar-refractivity contribution in [2.75, 3.05) is 0 Å². The minimum Gasteiger partial charge on any atom is -0.479 e. The van der Waals surface area contributed by atoms with Crippen LogP contribution in [-0.4, -0.2) is 21.8 Å². The van der Waals surface area contributed by atoms with E-state index in [9.17, 15) is 23.1 Å². The van der Waals surface area contributed by atoms with Gasteiger partial charge in [-0.2, -0.15) is 13.2 Å². The summed E-state index contributed by atoms with van der Waals surface area (Å²) in [5.74, 6) is -1.39. The molecular weight excluding hydrogens is 405 g/mol. The maximum absolute atomic E-state index is 12.9. The Hall–Kier alpha value is -3.19. The van der Waals surface area contributed by atoms with Crippen LogP contribution in [0.2, 0.25) is 5.02 Å². The number of halogens is 4. The number of carboxylic acids is 1. The van der Waals surface area contributed by atoms with Gasteiger partial charge in [0.05, 0.1) is 22.0 Å². The molecule has 0 amide bonds. The summed E-state index contributed by atoms with van der Waals surface area (Å²) in [5.41, 5.74) is 0.319. The largest absolute Gasteiger partial charge is 0.479 e. The van der Waals surface area contributed by atoms with Gasteiger partial charge in [-0.15, -0.1) is 0 Å². The third kappa shape index (κ3) is 4.81. The summed E-state index contributed by atoms with van der Waals surface area (Å²) in [5, 5.41) is 9.28. The number of carbonyl (C=O) groups is 1. The first kappa shape index (κ1) is 20.5. The fourth-order valence-electron chi connectivity index (χ4n) is 2.67. The monoisotopic (exact) mass is 418 g/mol. The van der Waals surface area contributed by atoms with Crippen molar-refractivity contribution in [1.29, 1.82) is 0 Å². The van der Waals surface area contributed by atoms with E-state index in [0.29, 0.717) is 29.1 Å². The zero-order valence-corrected chi connectivity index (χ0v) is 15.5. The molecule has 0 spiro atoms. The number of alkyl halides is 3. The molecule has 2 aromatic carbocycles. The number of pyridine rings is 1. The van der Waals surface area contributed by atoms with E-state index in [2.05, 4.69) is 9.98 Å². The second-order valence-corrected chi connectivity index (χ2v) is 6.45. The summed E-state index contributed by atoms with van der Waals surface area (Å²) in [6.07, 6.45) is -4.09. The quantitative estimate of drug-likeness (QED) is 0.563. The van der Waals surface area contributed by atoms with Crippen molar-refractivity contribution in [3.8, 4) is 0 Å². The number of aliphatic carboxylic acids is 1. The predicted octanol–water partition coefficient (Wildman–Crippen LogP) is 5.42. The number of carboxylic acid groups (broad SMARTS) is 1. The molecule has 3 rings (SSSR count). The van der Waals surface area contributed by atoms with Crippen molar-refractivity contribution < 1.29 is 23.1 Å². The zero-order valence-electron chi connectivity index (χ0n) is 14.8. The van der Waals surface area contributed by atoms with Gasteiger partial charge in [-0.05, 0) is 6.07 Å². The Morgan fingerprint density at radius 3 is 1.93 bits per heavy atom. The molecule has 0 radical (unpaired) electrons. The smallest absolute Gasteiger partial charge is 0.417 e. The SMILES string of the molecule is O=C(O)C(N=C(c1ccccc1)c1ccccc1)c1ncc(C(F)(F)F)cc1Cl. The van der Waals surface area contributed by atoms with Gasteiger partial charge >= 0.3 is 12.1 Å². The Morgan fingerprint density at radius 1 is 1.00 bits per heavy atom. The van der Waals surface area contributed by atoms with E-state index in [-0.39, 0.29) is 5.69 Å². The minimum atomic E-state index is -4.64. The summed E-state index contributed by atoms with van der Waals surface area (Å²) in [7, 11) is 0. The molecular formula is C21H14ClF3N2O2. The van der Waals surface area contributed by atoms with Crippen LogP contribution in [0.5, 0.6) is 0 Å². The van der Waals surface area contributed by atoms with Crippen molar-refractivity contribution in [2.45, 2.75) is 12.2 Å². The van der Waals surface area contributed by atoms with Gasteiger partial charge in [0.1, 0.15) is 0 Å². The maximum Gasteiger partial charge on any atom is 0.417 e. The molecule has 0 aliphatic heterocycles. The molecule has 1 atom stereocenters. The summed E-state index contributed by atoms with van der Waals surface area (Å²) in [6.45, 7) is 0. The number of aromatic nitrogens is 1. The molecule has 0 aliphatic rings. The Morgan fingerprint density at radius 2 is 1.52 bits per heavy atom. The first-order chi connectivity index (χ1) is 13.8. The van der Waals surface area contributed by atoms with E-state index < -0.39 is 28.8 Å². The number of hydrogen-bond donors (Lipinski definition) is 1. The molecule has 0 bridgehead atoms. The van der Waals surface area contributed by atoms with Crippen molar-refractivity contribution in [3.05, 3.63) is 100 Å². The van der Waals surface area contributed by atoms with E-state index >= 15 is 0 Å². The first-order valence-corrected chi connectivity index (χ1v) is 8.79. The van der Waals surface area contributed by atoms with Gasteiger partial charge in [0.2, 0.25) is 0 Å². The topological polar surface area (TPSA) is 62.5 Å². The predicted molar refractivity (Wildman–Crippen MR) is 103 cm³/mol. The highest BCUT2D eigenvalue weighted by Gasteiger charge is 2.33. The molecule has 1 unspecified atom stereocenters. The van der Waals surface area contributed by atoms with E-state index in [1.165, 1.54) is 0 Å². The van der Waals surface area contributed by atoms with Crippen molar-refractivity contribution in [3.63, 3.8) is 0 Å². The van der Waals surface area contributed by atoms with Crippen LogP contribution in [0, 0.1) is 0 Å². The third-order valence-corrected chi connectivity index (χ3v) is 4.35. The number of nitrogens with zero attached hydrogens (tertiary/aromatic N) is 2. The van der Waals surface area contributed by atoms with Gasteiger partial charge in [0.25, 0.3) is 0 Å². The van der Waals surface area contributed by atoms with Crippen molar-refractivity contribution in [2.24, 2.45) is 4.99 Å². The lowest BCUT2D eigenvalue weighted by molar-refractivity contribution is -0.138. The van der Waals surface area contributed by atoms with E-state index in [0.717, 1.165) is 0 Å². The van der Waals surface area contributed by atoms with Gasteiger partial charge in [0, 0.05) is 17.3 Å². The summed E-state index contributed by atoms with van der Waals surface area (Å²) in [4.78, 5) is 19.9. The normalized spacial score (nSPS) is 12.3. The second kappa shape index (κ2) is 8.45. The van der Waals surface area contributed by atoms with Crippen LogP contribution in [0.3, 0.4) is 0 Å². The fraction of sp³-hybridized carbons (Fsp3) is 0.0952. The molecule has 29 heavy (non-hydrogen) atoms. The van der Waals surface area contributed by atoms with Crippen LogP contribution >= 0.6 is 11.6 Å². The first-order valence-electron chi connectivity index (χ1n) is 8.41. The fourth-order valence-corrected chi connectivity index (χ4v) is 2.94. The molecule has 8 heteroatoms. The van der Waals surface area contributed by atoms with Crippen LogP contribution in [0.1, 0.15) is 28.4 Å². The van der Waals surface area contributed by atoms with Gasteiger partial charge in [0.15, 0.2) is 6.04 Å². The number of hydrogen-bond acceptors (Lipinski definition) is 3. The molecule has 1 heterocycles. The van der Waals surface area contributed by atoms with Gasteiger partial charge in [-0.25, -0.2) is 4.79 Å². The Balaban J connectivity index is 2.14. The Bertz CT molecular complexity index is 997. The van der Waals surface area contributed by atoms with Crippen molar-refractivity contribution in [1.82, 2.24) is 4.98 Å². The average molecular weight is 419 g/mol. The minimum absolute atomic E-state index is 0.267. The van der Waals surface area contributed by atoms with Crippen molar-refractivity contribution >= 4 is 23.3 Å². The summed E-state index contributed by atoms with van der Waals surface area (Å²) < 4.78 is 38.6. The molecule has 148 valence electrons. The lowest BCUT2D eigenvalue weighted by atomic mass is 10.0. The highest BCUT2D eigenvalue weighted by molar-refractivity contribution is 6.31. The van der Waals surface area contributed by atoms with Gasteiger partial charge < -0.3 is 5.11 Å². The molecule has 1 aromatic heterocycles. The van der Waals surface area contributed by atoms with E-state index in [1.807, 2.05) is 0 Å². The van der Waals surface area contributed by atoms with Crippen LogP contribution in [-0.2, 0) is 11.0 Å². The zero-order chi connectivity index (χ0) is 21.0. The molecule has 1 N–H and O–H groups in total. The highest BCUT2D eigenvalue weighted by Crippen LogP contribution is 2.33. The van der Waals surface area contributed by atoms with E-state index in [1.54, 1.807) is 60.7 Å². The Labute approximate surface area is 169 Å². The number of rotatable bonds is 5. The van der Waals surface area contributed by atoms with Gasteiger partial charge in [-0.1, -0.05) is 72.3 Å². The van der Waals surface area contributed by atoms with Crippen LogP contribution < -0.4 is 0 Å². The molecule has 0 saturated carbocycles. The van der Waals surface area contributed by atoms with Crippen LogP contribution in [0.25, 0.3) is 0 Å². The van der Waals surface area contributed by atoms with Crippen LogP contribution in [0.15, 0.2) is 77.9 Å². The number of aliphatic imine (C=N–C) groups is 1. The second-order valence-electron chi connectivity index (χ2n) is 6.04. The average Bonchev–Trinajstić information content (AvgIpc) is 2.69. The number of benzene rings is 2. The lowest BCUT2D eigenvalue weighted by Crippen LogP contribution is -2.16. The van der Waals surface area contributed by atoms with E-state index in [4.69, 9.17) is 11.6 Å². The van der Waals surface area contributed by atoms with Crippen LogP contribution in [0.4, 0.5) is 13.2 Å². The molecule has 0 fully saturated rings. The molecule has 3 aromatic rings. The standard InChI is InChI=1S/C21H14ClF3N2O2/c22-16-11-15(21(23,24)25)12-26-18(16)19(20(28)29)27-17(13-7-3-1-4-8-13)14-9-5-2-6-10-14/h1-12,19H,(H,28,29). The molecule has 0 saturated heterocycles. The summed E-state index contributed by atoms with van der Waals surface area (Å²) >= 11 is 5.95. The lowest BCUT2D eigenvalue weighted by Gasteiger charge is -2.15. The highest BCUT2D eigenvalue weighted by atomic mass is 35.5. The van der Waals surface area contributed by atoms with Gasteiger partial charge in [-0.3, -0.25) is 9.98 Å². The Kier molecular flexibility index (Phi) is 5.98. The molecule has 4 nitrogen and oxygen atoms in total. The maximum atomic E-state index is 12.9. The third-order valence-electron chi connectivity index (χ3n) is 4.04. The molecule has 0 aliphatic carbocycles. The summed E-state index contributed by atoms with van der Waals surface area (Å²) in [6, 6.07) is 16.8.